The molecule has 3 aromatic carbocycles. The smallest absolute Gasteiger partial charge is 0.264 e. The number of carbonyl (C=O) groups excluding carboxylic acids is 1. The molecule has 4 atom stereocenters. The van der Waals surface area contributed by atoms with Gasteiger partial charge in [0.15, 0.2) is 11.7 Å². The van der Waals surface area contributed by atoms with Crippen LogP contribution in [0.25, 0.3) is 0 Å². The number of methoxy groups -OCH3 is 1. The number of hydrogen-bond acceptors (Lipinski definition) is 5. The molecule has 168 valence electrons. The highest BCUT2D eigenvalue weighted by molar-refractivity contribution is 9.10. The Bertz CT molecular complexity index is 1250. The minimum Gasteiger partial charge on any atom is -0.497 e. The Morgan fingerprint density at radius 2 is 1.73 bits per heavy atom. The van der Waals surface area contributed by atoms with Crippen LogP contribution in [0.2, 0.25) is 0 Å². The number of hydrogen-bond donors (Lipinski definition) is 0. The maximum Gasteiger partial charge on any atom is 0.264 e. The third kappa shape index (κ3) is 3.08. The SMILES string of the molecule is COc1ccc([C@@H]2O[C@@]3(C(=O)N(C)c4ccccc43)[C@@H](c3ccccc3Br)[C@@H]2[N+](=O)[O-])cc1. The molecule has 7 nitrogen and oxygen atoms in total. The lowest BCUT2D eigenvalue weighted by atomic mass is 9.75. The van der Waals surface area contributed by atoms with Gasteiger partial charge in [-0.3, -0.25) is 14.9 Å². The van der Waals surface area contributed by atoms with E-state index in [4.69, 9.17) is 9.47 Å². The highest BCUT2D eigenvalue weighted by Crippen LogP contribution is 2.61. The van der Waals surface area contributed by atoms with Crippen molar-refractivity contribution < 1.29 is 19.2 Å². The van der Waals surface area contributed by atoms with Crippen LogP contribution < -0.4 is 9.64 Å². The maximum atomic E-state index is 13.9. The van der Waals surface area contributed by atoms with Gasteiger partial charge in [-0.25, -0.2) is 0 Å². The first kappa shape index (κ1) is 21.6. The summed E-state index contributed by atoms with van der Waals surface area (Å²) in [6.45, 7) is 0. The summed E-state index contributed by atoms with van der Waals surface area (Å²) in [5, 5.41) is 12.6. The zero-order valence-corrected chi connectivity index (χ0v) is 19.6. The van der Waals surface area contributed by atoms with Crippen LogP contribution in [-0.4, -0.2) is 31.0 Å². The average molecular weight is 509 g/mol. The first-order valence-corrected chi connectivity index (χ1v) is 11.3. The number of halogens is 1. The van der Waals surface area contributed by atoms with Gasteiger partial charge in [0.25, 0.3) is 11.9 Å². The van der Waals surface area contributed by atoms with Crippen molar-refractivity contribution in [3.8, 4) is 5.75 Å². The zero-order chi connectivity index (χ0) is 23.3. The van der Waals surface area contributed by atoms with E-state index in [1.54, 1.807) is 38.4 Å². The molecule has 0 radical (unpaired) electrons. The van der Waals surface area contributed by atoms with Crippen molar-refractivity contribution in [2.24, 2.45) is 0 Å². The highest BCUT2D eigenvalue weighted by atomic mass is 79.9. The van der Waals surface area contributed by atoms with Crippen molar-refractivity contribution in [3.05, 3.63) is 104 Å². The van der Waals surface area contributed by atoms with Gasteiger partial charge in [-0.05, 0) is 35.4 Å². The molecular formula is C25H21BrN2O5. The minimum atomic E-state index is -1.53. The number of anilines is 1. The van der Waals surface area contributed by atoms with E-state index in [9.17, 15) is 14.9 Å². The van der Waals surface area contributed by atoms with Gasteiger partial charge in [0.1, 0.15) is 5.75 Å². The largest absolute Gasteiger partial charge is 0.497 e. The van der Waals surface area contributed by atoms with Gasteiger partial charge in [0.2, 0.25) is 0 Å². The molecule has 2 aliphatic heterocycles. The molecule has 8 heteroatoms. The number of rotatable bonds is 4. The number of likely N-dealkylation sites (N-methyl/N-ethyl adjacent to an activating group) is 1. The topological polar surface area (TPSA) is 81.9 Å². The number of fused-ring (bicyclic) bond motifs is 2. The molecule has 1 spiro atoms. The van der Waals surface area contributed by atoms with Crippen LogP contribution in [0.15, 0.2) is 77.3 Å². The second kappa shape index (κ2) is 7.97. The molecule has 1 saturated heterocycles. The summed E-state index contributed by atoms with van der Waals surface area (Å²) in [5.41, 5.74) is 1.08. The molecule has 2 heterocycles. The Hall–Kier alpha value is -3.23. The molecule has 0 unspecified atom stereocenters. The van der Waals surface area contributed by atoms with Crippen LogP contribution in [0, 0.1) is 10.1 Å². The van der Waals surface area contributed by atoms with E-state index in [2.05, 4.69) is 15.9 Å². The van der Waals surface area contributed by atoms with Gasteiger partial charge in [-0.15, -0.1) is 0 Å². The fourth-order valence-electron chi connectivity index (χ4n) is 5.15. The van der Waals surface area contributed by atoms with Crippen molar-refractivity contribution >= 4 is 27.5 Å². The highest BCUT2D eigenvalue weighted by Gasteiger charge is 2.69. The second-order valence-corrected chi connectivity index (χ2v) is 9.06. The van der Waals surface area contributed by atoms with E-state index in [-0.39, 0.29) is 10.8 Å². The van der Waals surface area contributed by atoms with Crippen LogP contribution in [0.5, 0.6) is 5.75 Å². The van der Waals surface area contributed by atoms with E-state index < -0.39 is 23.7 Å². The van der Waals surface area contributed by atoms with Crippen molar-refractivity contribution in [2.75, 3.05) is 19.1 Å². The summed E-state index contributed by atoms with van der Waals surface area (Å²) in [6.07, 6.45) is -0.938. The Kier molecular flexibility index (Phi) is 5.22. The van der Waals surface area contributed by atoms with E-state index in [1.807, 2.05) is 48.5 Å². The van der Waals surface area contributed by atoms with Gasteiger partial charge in [0.05, 0.1) is 18.7 Å². The van der Waals surface area contributed by atoms with Gasteiger partial charge >= 0.3 is 0 Å². The van der Waals surface area contributed by atoms with Crippen molar-refractivity contribution in [1.82, 2.24) is 0 Å². The number of nitro groups is 1. The van der Waals surface area contributed by atoms with Gasteiger partial charge < -0.3 is 14.4 Å². The number of ether oxygens (including phenoxy) is 2. The molecule has 33 heavy (non-hydrogen) atoms. The van der Waals surface area contributed by atoms with Crippen molar-refractivity contribution in [3.63, 3.8) is 0 Å². The summed E-state index contributed by atoms with van der Waals surface area (Å²) in [7, 11) is 3.24. The predicted octanol–water partition coefficient (Wildman–Crippen LogP) is 4.83. The molecule has 0 bridgehead atoms. The lowest BCUT2D eigenvalue weighted by molar-refractivity contribution is -0.531. The fraction of sp³-hybridized carbons (Fsp3) is 0.240. The Morgan fingerprint density at radius 3 is 2.39 bits per heavy atom. The summed E-state index contributed by atoms with van der Waals surface area (Å²) < 4.78 is 12.5. The van der Waals surface area contributed by atoms with E-state index >= 15 is 0 Å². The Morgan fingerprint density at radius 1 is 1.06 bits per heavy atom. The fourth-order valence-corrected chi connectivity index (χ4v) is 5.68. The molecule has 1 amide bonds. The van der Waals surface area contributed by atoms with Crippen molar-refractivity contribution in [2.45, 2.75) is 23.7 Å². The molecule has 2 aliphatic rings. The molecule has 1 fully saturated rings. The van der Waals surface area contributed by atoms with Crippen LogP contribution >= 0.6 is 15.9 Å². The van der Waals surface area contributed by atoms with E-state index in [0.717, 1.165) is 0 Å². The molecule has 0 N–H and O–H groups in total. The molecule has 3 aromatic rings. The third-order valence-corrected chi connectivity index (χ3v) is 7.34. The van der Waals surface area contributed by atoms with Crippen LogP contribution in [0.3, 0.4) is 0 Å². The predicted molar refractivity (Wildman–Crippen MR) is 126 cm³/mol. The Balaban J connectivity index is 1.78. The standard InChI is InChI=1S/C25H21BrN2O5/c1-27-20-10-6-4-8-18(20)25(24(27)29)21(17-7-3-5-9-19(17)26)22(28(30)31)23(33-25)15-11-13-16(32-2)14-12-15/h3-14,21-23H,1-2H3/t21-,22-,23-,25+/m0/s1. The average Bonchev–Trinajstić information content (AvgIpc) is 3.29. The van der Waals surface area contributed by atoms with Gasteiger partial charge in [-0.1, -0.05) is 64.5 Å². The first-order chi connectivity index (χ1) is 15.9. The number of benzene rings is 3. The summed E-state index contributed by atoms with van der Waals surface area (Å²) in [6, 6.07) is 20.4. The lowest BCUT2D eigenvalue weighted by Crippen LogP contribution is -2.44. The summed E-state index contributed by atoms with van der Waals surface area (Å²) >= 11 is 3.56. The number of amides is 1. The molecule has 0 aromatic heterocycles. The summed E-state index contributed by atoms with van der Waals surface area (Å²) in [5.74, 6) is -0.533. The molecule has 0 saturated carbocycles. The summed E-state index contributed by atoms with van der Waals surface area (Å²) in [4.78, 5) is 27.7. The Labute approximate surface area is 199 Å². The third-order valence-electron chi connectivity index (χ3n) is 6.62. The van der Waals surface area contributed by atoms with Crippen LogP contribution in [0.4, 0.5) is 5.69 Å². The lowest BCUT2D eigenvalue weighted by Gasteiger charge is -2.29. The second-order valence-electron chi connectivity index (χ2n) is 8.20. The van der Waals surface area contributed by atoms with Crippen LogP contribution in [-0.2, 0) is 15.1 Å². The van der Waals surface area contributed by atoms with Gasteiger partial charge in [-0.2, -0.15) is 0 Å². The normalized spacial score (nSPS) is 26.0. The quantitative estimate of drug-likeness (QED) is 0.372. The maximum absolute atomic E-state index is 13.9. The van der Waals surface area contributed by atoms with Crippen LogP contribution in [0.1, 0.15) is 28.7 Å². The number of carbonyl (C=O) groups is 1. The number of para-hydroxylation sites is 1. The molecular weight excluding hydrogens is 488 g/mol. The first-order valence-electron chi connectivity index (χ1n) is 10.5. The van der Waals surface area contributed by atoms with Gasteiger partial charge in [0, 0.05) is 22.0 Å². The zero-order valence-electron chi connectivity index (χ0n) is 18.0. The molecule has 0 aliphatic carbocycles. The number of nitrogens with zero attached hydrogens (tertiary/aromatic N) is 2. The van der Waals surface area contributed by atoms with E-state index in [0.29, 0.717) is 32.6 Å². The molecule has 5 rings (SSSR count). The minimum absolute atomic E-state index is 0.313. The van der Waals surface area contributed by atoms with Crippen molar-refractivity contribution in [1.29, 1.82) is 0 Å². The van der Waals surface area contributed by atoms with E-state index in [1.165, 1.54) is 4.90 Å². The monoisotopic (exact) mass is 508 g/mol.